The highest BCUT2D eigenvalue weighted by molar-refractivity contribution is 5.18. The second-order valence-electron chi connectivity index (χ2n) is 5.28. The Bertz CT molecular complexity index is 347. The predicted octanol–water partition coefficient (Wildman–Crippen LogP) is 3.07. The van der Waals surface area contributed by atoms with Crippen molar-refractivity contribution >= 4 is 6.01 Å². The van der Waals surface area contributed by atoms with Crippen molar-refractivity contribution in [1.82, 2.24) is 10.2 Å². The third kappa shape index (κ3) is 4.66. The van der Waals surface area contributed by atoms with Crippen LogP contribution in [-0.4, -0.2) is 23.2 Å². The number of rotatable bonds is 5. The summed E-state index contributed by atoms with van der Waals surface area (Å²) in [6, 6.07) is 0.288. The van der Waals surface area contributed by atoms with Gasteiger partial charge in [-0.1, -0.05) is 32.8 Å². The van der Waals surface area contributed by atoms with Crippen molar-refractivity contribution in [2.24, 2.45) is 5.92 Å². The molecule has 0 fully saturated rings. The quantitative estimate of drug-likeness (QED) is 0.868. The zero-order valence-corrected chi connectivity index (χ0v) is 10.6. The van der Waals surface area contributed by atoms with E-state index in [-0.39, 0.29) is 23.8 Å². The molecule has 1 aromatic heterocycles. The summed E-state index contributed by atoms with van der Waals surface area (Å²) in [6.45, 7) is 8.04. The fourth-order valence-electron chi connectivity index (χ4n) is 1.25. The molecule has 0 aliphatic rings. The van der Waals surface area contributed by atoms with Crippen molar-refractivity contribution in [1.29, 1.82) is 0 Å². The molecule has 0 spiro atoms. The van der Waals surface area contributed by atoms with Crippen molar-refractivity contribution in [3.8, 4) is 0 Å². The molecule has 1 N–H and O–H groups in total. The average molecular weight is 247 g/mol. The minimum Gasteiger partial charge on any atom is -0.408 e. The number of nitrogens with one attached hydrogen (secondary N) is 1. The number of anilines is 1. The molecular formula is C11H19F2N3O. The number of halogens is 2. The minimum absolute atomic E-state index is 0.132. The first-order chi connectivity index (χ1) is 7.79. The fourth-order valence-corrected chi connectivity index (χ4v) is 1.25. The molecular weight excluding hydrogens is 228 g/mol. The molecule has 0 bridgehead atoms. The summed E-state index contributed by atoms with van der Waals surface area (Å²) in [5, 5.41) is 10.6. The molecule has 1 heterocycles. The molecule has 6 heteroatoms. The van der Waals surface area contributed by atoms with Crippen LogP contribution < -0.4 is 5.32 Å². The fraction of sp³-hybridized carbons (Fsp3) is 0.818. The zero-order valence-electron chi connectivity index (χ0n) is 10.6. The molecule has 1 aromatic rings. The maximum atomic E-state index is 12.1. The number of hydrogen-bond acceptors (Lipinski definition) is 4. The van der Waals surface area contributed by atoms with Gasteiger partial charge in [0.05, 0.1) is 0 Å². The van der Waals surface area contributed by atoms with Crippen molar-refractivity contribution in [3.63, 3.8) is 0 Å². The lowest BCUT2D eigenvalue weighted by Gasteiger charge is -2.12. The third-order valence-corrected chi connectivity index (χ3v) is 2.25. The Hall–Kier alpha value is -1.20. The molecule has 98 valence electrons. The van der Waals surface area contributed by atoms with Gasteiger partial charge in [0.2, 0.25) is 12.3 Å². The van der Waals surface area contributed by atoms with Crippen LogP contribution in [0.5, 0.6) is 0 Å². The SMILES string of the molecule is CC(CNc1nnc(C(C)(C)C)o1)CC(F)F. The third-order valence-electron chi connectivity index (χ3n) is 2.25. The Labute approximate surface area is 99.8 Å². The predicted molar refractivity (Wildman–Crippen MR) is 61.3 cm³/mol. The van der Waals surface area contributed by atoms with E-state index in [9.17, 15) is 8.78 Å². The van der Waals surface area contributed by atoms with Gasteiger partial charge in [0.15, 0.2) is 0 Å². The summed E-state index contributed by atoms with van der Waals surface area (Å²) < 4.78 is 29.6. The van der Waals surface area contributed by atoms with Crippen LogP contribution in [0.3, 0.4) is 0 Å². The molecule has 4 nitrogen and oxygen atoms in total. The first-order valence-electron chi connectivity index (χ1n) is 5.65. The molecule has 1 unspecified atom stereocenters. The topological polar surface area (TPSA) is 51.0 Å². The molecule has 0 amide bonds. The molecule has 0 saturated heterocycles. The van der Waals surface area contributed by atoms with Crippen LogP contribution >= 0.6 is 0 Å². The van der Waals surface area contributed by atoms with Gasteiger partial charge in [-0.25, -0.2) is 8.78 Å². The highest BCUT2D eigenvalue weighted by Gasteiger charge is 2.21. The van der Waals surface area contributed by atoms with E-state index >= 15 is 0 Å². The van der Waals surface area contributed by atoms with E-state index in [4.69, 9.17) is 4.42 Å². The van der Waals surface area contributed by atoms with E-state index in [1.807, 2.05) is 20.8 Å². The maximum Gasteiger partial charge on any atom is 0.315 e. The lowest BCUT2D eigenvalue weighted by Crippen LogP contribution is -2.14. The Kier molecular flexibility index (Phi) is 4.42. The van der Waals surface area contributed by atoms with Crippen molar-refractivity contribution in [2.75, 3.05) is 11.9 Å². The second-order valence-corrected chi connectivity index (χ2v) is 5.28. The first kappa shape index (κ1) is 13.9. The van der Waals surface area contributed by atoms with E-state index < -0.39 is 6.43 Å². The van der Waals surface area contributed by atoms with Gasteiger partial charge in [0, 0.05) is 18.4 Å². The van der Waals surface area contributed by atoms with Gasteiger partial charge in [-0.05, 0) is 5.92 Å². The molecule has 0 saturated carbocycles. The van der Waals surface area contributed by atoms with Crippen molar-refractivity contribution in [2.45, 2.75) is 46.0 Å². The number of alkyl halides is 2. The summed E-state index contributed by atoms with van der Waals surface area (Å²) >= 11 is 0. The van der Waals surface area contributed by atoms with Crippen molar-refractivity contribution < 1.29 is 13.2 Å². The molecule has 0 aromatic carbocycles. The zero-order chi connectivity index (χ0) is 13.1. The van der Waals surface area contributed by atoms with E-state index in [1.165, 1.54) is 0 Å². The van der Waals surface area contributed by atoms with Crippen LogP contribution in [0.2, 0.25) is 0 Å². The van der Waals surface area contributed by atoms with Crippen LogP contribution in [0.25, 0.3) is 0 Å². The van der Waals surface area contributed by atoms with Crippen LogP contribution in [0.4, 0.5) is 14.8 Å². The smallest absolute Gasteiger partial charge is 0.315 e. The van der Waals surface area contributed by atoms with Gasteiger partial charge in [-0.15, -0.1) is 5.10 Å². The van der Waals surface area contributed by atoms with Gasteiger partial charge in [0.1, 0.15) is 0 Å². The minimum atomic E-state index is -2.28. The van der Waals surface area contributed by atoms with Crippen LogP contribution in [-0.2, 0) is 5.41 Å². The van der Waals surface area contributed by atoms with Crippen LogP contribution in [0.1, 0.15) is 40.0 Å². The van der Waals surface area contributed by atoms with Crippen LogP contribution in [0, 0.1) is 5.92 Å². The first-order valence-corrected chi connectivity index (χ1v) is 5.65. The lowest BCUT2D eigenvalue weighted by atomic mass is 9.97. The molecule has 17 heavy (non-hydrogen) atoms. The Morgan fingerprint density at radius 1 is 1.29 bits per heavy atom. The Morgan fingerprint density at radius 3 is 2.41 bits per heavy atom. The van der Waals surface area contributed by atoms with Gasteiger partial charge in [-0.2, -0.15) is 0 Å². The van der Waals surface area contributed by atoms with E-state index in [0.717, 1.165) is 0 Å². The Morgan fingerprint density at radius 2 is 1.94 bits per heavy atom. The summed E-state index contributed by atoms with van der Waals surface area (Å²) in [5.74, 6) is 0.390. The number of aromatic nitrogens is 2. The van der Waals surface area contributed by atoms with E-state index in [0.29, 0.717) is 12.4 Å². The second kappa shape index (κ2) is 5.42. The molecule has 0 aliphatic carbocycles. The number of nitrogens with zero attached hydrogens (tertiary/aromatic N) is 2. The van der Waals surface area contributed by atoms with E-state index in [1.54, 1.807) is 6.92 Å². The summed E-state index contributed by atoms with van der Waals surface area (Å²) in [5.41, 5.74) is -0.207. The normalized spacial score (nSPS) is 14.1. The van der Waals surface area contributed by atoms with E-state index in [2.05, 4.69) is 15.5 Å². The lowest BCUT2D eigenvalue weighted by molar-refractivity contribution is 0.120. The molecule has 0 aliphatic heterocycles. The molecule has 0 radical (unpaired) electrons. The highest BCUT2D eigenvalue weighted by atomic mass is 19.3. The van der Waals surface area contributed by atoms with Crippen molar-refractivity contribution in [3.05, 3.63) is 5.89 Å². The summed E-state index contributed by atoms with van der Waals surface area (Å²) in [6.07, 6.45) is -2.41. The van der Waals surface area contributed by atoms with Gasteiger partial charge in [0.25, 0.3) is 0 Å². The Balaban J connectivity index is 2.45. The summed E-state index contributed by atoms with van der Waals surface area (Å²) in [7, 11) is 0. The van der Waals surface area contributed by atoms with Gasteiger partial charge >= 0.3 is 6.01 Å². The van der Waals surface area contributed by atoms with Gasteiger partial charge < -0.3 is 9.73 Å². The monoisotopic (exact) mass is 247 g/mol. The number of hydrogen-bond donors (Lipinski definition) is 1. The van der Waals surface area contributed by atoms with Crippen LogP contribution in [0.15, 0.2) is 4.42 Å². The largest absolute Gasteiger partial charge is 0.408 e. The summed E-state index contributed by atoms with van der Waals surface area (Å²) in [4.78, 5) is 0. The average Bonchev–Trinajstić information content (AvgIpc) is 2.61. The molecule has 1 rings (SSSR count). The van der Waals surface area contributed by atoms with Gasteiger partial charge in [-0.3, -0.25) is 0 Å². The maximum absolute atomic E-state index is 12.1. The standard InChI is InChI=1S/C11H19F2N3O/c1-7(5-8(12)13)6-14-10-16-15-9(17-10)11(2,3)4/h7-8H,5-6H2,1-4H3,(H,14,16). The molecule has 1 atom stereocenters. The highest BCUT2D eigenvalue weighted by Crippen LogP contribution is 2.22.